The molecular weight excluding hydrogens is 216 g/mol. The standard InChI is InChI=1S/C13H24N2O2/c1-10(14)8-6-7-9-11(2)15-12(16)17-13(3,4)5/h7,9,11,14H,6,8H2,1-5H3,(H,15,16)/b9-7+,14-10?/t11-/m1/s1. The summed E-state index contributed by atoms with van der Waals surface area (Å²) >= 11 is 0. The molecule has 1 atom stereocenters. The van der Waals surface area contributed by atoms with Gasteiger partial charge in [-0.05, 0) is 47.5 Å². The summed E-state index contributed by atoms with van der Waals surface area (Å²) in [6, 6.07) is -0.0594. The van der Waals surface area contributed by atoms with Crippen molar-refractivity contribution in [3.05, 3.63) is 12.2 Å². The lowest BCUT2D eigenvalue weighted by molar-refractivity contribution is 0.0518. The van der Waals surface area contributed by atoms with Crippen LogP contribution in [0.3, 0.4) is 0 Å². The van der Waals surface area contributed by atoms with Gasteiger partial charge in [0.2, 0.25) is 0 Å². The summed E-state index contributed by atoms with van der Waals surface area (Å²) in [5.41, 5.74) is 0.201. The highest BCUT2D eigenvalue weighted by Crippen LogP contribution is 2.06. The number of hydrogen-bond acceptors (Lipinski definition) is 3. The van der Waals surface area contributed by atoms with E-state index in [1.54, 1.807) is 6.92 Å². The monoisotopic (exact) mass is 240 g/mol. The molecule has 0 aliphatic rings. The zero-order valence-corrected chi connectivity index (χ0v) is 11.5. The van der Waals surface area contributed by atoms with Gasteiger partial charge in [0.15, 0.2) is 0 Å². The minimum Gasteiger partial charge on any atom is -0.444 e. The molecular formula is C13H24N2O2. The van der Waals surface area contributed by atoms with Crippen molar-refractivity contribution in [3.63, 3.8) is 0 Å². The largest absolute Gasteiger partial charge is 0.444 e. The number of carbonyl (C=O) groups is 1. The van der Waals surface area contributed by atoms with Gasteiger partial charge in [-0.3, -0.25) is 0 Å². The van der Waals surface area contributed by atoms with Crippen LogP contribution in [0.15, 0.2) is 12.2 Å². The second-order valence-electron chi connectivity index (χ2n) is 5.18. The molecule has 0 aromatic heterocycles. The first-order valence-electron chi connectivity index (χ1n) is 5.91. The number of carbonyl (C=O) groups excluding carboxylic acids is 1. The Balaban J connectivity index is 3.89. The van der Waals surface area contributed by atoms with Crippen molar-refractivity contribution in [2.24, 2.45) is 0 Å². The SMILES string of the molecule is CC(=N)CC/C=C/[C@@H](C)NC(=O)OC(C)(C)C. The Morgan fingerprint density at radius 1 is 1.47 bits per heavy atom. The van der Waals surface area contributed by atoms with Gasteiger partial charge in [0.25, 0.3) is 0 Å². The van der Waals surface area contributed by atoms with Gasteiger partial charge in [-0.25, -0.2) is 4.79 Å². The summed E-state index contributed by atoms with van der Waals surface area (Å²) in [6.07, 6.45) is 5.07. The molecule has 0 aliphatic carbocycles. The Labute approximate surface area is 104 Å². The maximum atomic E-state index is 11.4. The van der Waals surface area contributed by atoms with Crippen molar-refractivity contribution >= 4 is 11.8 Å². The highest BCUT2D eigenvalue weighted by molar-refractivity contribution is 5.78. The quantitative estimate of drug-likeness (QED) is 0.572. The predicted molar refractivity (Wildman–Crippen MR) is 70.6 cm³/mol. The van der Waals surface area contributed by atoms with Crippen LogP contribution in [0.2, 0.25) is 0 Å². The zero-order chi connectivity index (χ0) is 13.5. The Morgan fingerprint density at radius 3 is 2.53 bits per heavy atom. The summed E-state index contributed by atoms with van der Waals surface area (Å²) in [7, 11) is 0. The lowest BCUT2D eigenvalue weighted by atomic mass is 10.2. The molecule has 0 rings (SSSR count). The summed E-state index contributed by atoms with van der Waals surface area (Å²) < 4.78 is 5.13. The maximum Gasteiger partial charge on any atom is 0.408 e. The van der Waals surface area contributed by atoms with E-state index in [4.69, 9.17) is 10.1 Å². The molecule has 2 N–H and O–H groups in total. The minimum atomic E-state index is -0.467. The topological polar surface area (TPSA) is 62.2 Å². The van der Waals surface area contributed by atoms with Crippen LogP contribution in [0.4, 0.5) is 4.79 Å². The molecule has 0 aromatic rings. The molecule has 0 heterocycles. The number of ether oxygens (including phenoxy) is 1. The molecule has 98 valence electrons. The number of nitrogens with one attached hydrogen (secondary N) is 2. The fourth-order valence-electron chi connectivity index (χ4n) is 1.14. The molecule has 4 heteroatoms. The van der Waals surface area contributed by atoms with Gasteiger partial charge in [-0.1, -0.05) is 12.2 Å². The lowest BCUT2D eigenvalue weighted by Crippen LogP contribution is -2.36. The molecule has 0 bridgehead atoms. The fraction of sp³-hybridized carbons (Fsp3) is 0.692. The number of alkyl carbamates (subject to hydrolysis) is 1. The van der Waals surface area contributed by atoms with Crippen LogP contribution in [0.5, 0.6) is 0 Å². The van der Waals surface area contributed by atoms with Gasteiger partial charge in [0.05, 0.1) is 0 Å². The van der Waals surface area contributed by atoms with Crippen LogP contribution in [-0.2, 0) is 4.74 Å². The van der Waals surface area contributed by atoms with Gasteiger partial charge in [-0.2, -0.15) is 0 Å². The van der Waals surface area contributed by atoms with Crippen LogP contribution < -0.4 is 5.32 Å². The van der Waals surface area contributed by atoms with Crippen molar-refractivity contribution in [2.75, 3.05) is 0 Å². The average Bonchev–Trinajstić information content (AvgIpc) is 2.08. The molecule has 0 aliphatic heterocycles. The Morgan fingerprint density at radius 2 is 2.06 bits per heavy atom. The van der Waals surface area contributed by atoms with E-state index >= 15 is 0 Å². The van der Waals surface area contributed by atoms with Crippen LogP contribution in [-0.4, -0.2) is 23.4 Å². The second kappa shape index (κ2) is 7.09. The Kier molecular flexibility index (Phi) is 6.54. The van der Waals surface area contributed by atoms with E-state index in [1.807, 2.05) is 39.8 Å². The third kappa shape index (κ3) is 11.0. The molecule has 1 amide bonds. The van der Waals surface area contributed by atoms with Crippen LogP contribution >= 0.6 is 0 Å². The molecule has 0 saturated carbocycles. The second-order valence-corrected chi connectivity index (χ2v) is 5.18. The van der Waals surface area contributed by atoms with E-state index in [0.29, 0.717) is 5.71 Å². The Hall–Kier alpha value is -1.32. The van der Waals surface area contributed by atoms with Gasteiger partial charge in [-0.15, -0.1) is 0 Å². The molecule has 17 heavy (non-hydrogen) atoms. The predicted octanol–water partition coefficient (Wildman–Crippen LogP) is 3.28. The summed E-state index contributed by atoms with van der Waals surface area (Å²) in [6.45, 7) is 9.17. The van der Waals surface area contributed by atoms with E-state index in [2.05, 4.69) is 5.32 Å². The zero-order valence-electron chi connectivity index (χ0n) is 11.5. The minimum absolute atomic E-state index is 0.0594. The smallest absolute Gasteiger partial charge is 0.408 e. The van der Waals surface area contributed by atoms with Crippen molar-refractivity contribution in [1.82, 2.24) is 5.32 Å². The number of allylic oxidation sites excluding steroid dienone is 1. The van der Waals surface area contributed by atoms with E-state index in [1.165, 1.54) is 0 Å². The summed E-state index contributed by atoms with van der Waals surface area (Å²) in [5.74, 6) is 0. The first-order valence-corrected chi connectivity index (χ1v) is 5.91. The highest BCUT2D eigenvalue weighted by atomic mass is 16.6. The molecule has 0 radical (unpaired) electrons. The molecule has 0 aromatic carbocycles. The number of rotatable bonds is 5. The van der Waals surface area contributed by atoms with E-state index < -0.39 is 11.7 Å². The number of hydrogen-bond donors (Lipinski definition) is 2. The van der Waals surface area contributed by atoms with Crippen molar-refractivity contribution in [2.45, 2.75) is 59.1 Å². The average molecular weight is 240 g/mol. The molecule has 0 unspecified atom stereocenters. The van der Waals surface area contributed by atoms with Gasteiger partial charge in [0.1, 0.15) is 5.60 Å². The summed E-state index contributed by atoms with van der Waals surface area (Å²) in [4.78, 5) is 11.4. The number of amides is 1. The van der Waals surface area contributed by atoms with Crippen molar-refractivity contribution < 1.29 is 9.53 Å². The lowest BCUT2D eigenvalue weighted by Gasteiger charge is -2.20. The molecule has 0 saturated heterocycles. The molecule has 0 fully saturated rings. The fourth-order valence-corrected chi connectivity index (χ4v) is 1.14. The van der Waals surface area contributed by atoms with Crippen molar-refractivity contribution in [1.29, 1.82) is 5.41 Å². The van der Waals surface area contributed by atoms with Crippen molar-refractivity contribution in [3.8, 4) is 0 Å². The molecule has 4 nitrogen and oxygen atoms in total. The van der Waals surface area contributed by atoms with Gasteiger partial charge < -0.3 is 15.5 Å². The van der Waals surface area contributed by atoms with E-state index in [-0.39, 0.29) is 6.04 Å². The third-order valence-electron chi connectivity index (χ3n) is 1.86. The first-order chi connectivity index (χ1) is 7.70. The third-order valence-corrected chi connectivity index (χ3v) is 1.86. The highest BCUT2D eigenvalue weighted by Gasteiger charge is 2.16. The first kappa shape index (κ1) is 15.7. The van der Waals surface area contributed by atoms with Crippen LogP contribution in [0.25, 0.3) is 0 Å². The van der Waals surface area contributed by atoms with Gasteiger partial charge >= 0.3 is 6.09 Å². The normalized spacial score (nSPS) is 13.5. The maximum absolute atomic E-state index is 11.4. The van der Waals surface area contributed by atoms with Crippen LogP contribution in [0, 0.1) is 5.41 Å². The van der Waals surface area contributed by atoms with Gasteiger partial charge in [0, 0.05) is 11.8 Å². The molecule has 0 spiro atoms. The summed E-state index contributed by atoms with van der Waals surface area (Å²) in [5, 5.41) is 9.99. The van der Waals surface area contributed by atoms with E-state index in [0.717, 1.165) is 12.8 Å². The van der Waals surface area contributed by atoms with Crippen LogP contribution in [0.1, 0.15) is 47.5 Å². The van der Waals surface area contributed by atoms with E-state index in [9.17, 15) is 4.79 Å². The Bertz CT molecular complexity index is 290.